The lowest BCUT2D eigenvalue weighted by Crippen LogP contribution is -2.32. The number of aromatic nitrogens is 1. The van der Waals surface area contributed by atoms with Crippen LogP contribution in [0.2, 0.25) is 0 Å². The average Bonchev–Trinajstić information content (AvgIpc) is 2.96. The summed E-state index contributed by atoms with van der Waals surface area (Å²) in [6.45, 7) is 7.84. The van der Waals surface area contributed by atoms with Gasteiger partial charge in [0, 0.05) is 11.7 Å². The molecule has 0 saturated heterocycles. The number of hydrogen-bond donors (Lipinski definition) is 1. The Balaban J connectivity index is 1.80. The molecule has 0 fully saturated rings. The highest BCUT2D eigenvalue weighted by Gasteiger charge is 2.20. The predicted octanol–water partition coefficient (Wildman–Crippen LogP) is 4.75. The van der Waals surface area contributed by atoms with Gasteiger partial charge in [0.1, 0.15) is 5.75 Å². The number of nitrogens with one attached hydrogen (secondary N) is 1. The third-order valence-corrected chi connectivity index (χ3v) is 5.34. The fraction of sp³-hybridized carbons (Fsp3) is 0.333. The molecular formula is C21H24N2O3S. The maximum atomic E-state index is 12.7. The van der Waals surface area contributed by atoms with Crippen LogP contribution in [-0.4, -0.2) is 16.6 Å². The number of para-hydroxylation sites is 1. The van der Waals surface area contributed by atoms with Crippen LogP contribution in [0.4, 0.5) is 5.69 Å². The minimum Gasteiger partial charge on any atom is -0.480 e. The minimum atomic E-state index is -0.583. The standard InChI is InChI=1S/C21H24N2O3S/c1-5-17(26-18-9-7-6-8-14(18)4)20(24)22-15-10-11-16-19(12-15)27-21(25)23(16)13(2)3/h6-13,17H,5H2,1-4H3,(H,22,24). The Bertz CT molecular complexity index is 1020. The summed E-state index contributed by atoms with van der Waals surface area (Å²) in [7, 11) is 0. The zero-order chi connectivity index (χ0) is 19.6. The van der Waals surface area contributed by atoms with E-state index in [1.165, 1.54) is 11.3 Å². The molecule has 0 aliphatic rings. The fourth-order valence-corrected chi connectivity index (χ4v) is 4.04. The first-order chi connectivity index (χ1) is 12.9. The second kappa shape index (κ2) is 7.96. The van der Waals surface area contributed by atoms with Gasteiger partial charge >= 0.3 is 4.87 Å². The quantitative estimate of drug-likeness (QED) is 0.667. The number of benzene rings is 2. The Kier molecular flexibility index (Phi) is 5.65. The number of rotatable bonds is 6. The normalized spacial score (nSPS) is 12.3. The van der Waals surface area contributed by atoms with Crippen molar-refractivity contribution in [3.63, 3.8) is 0 Å². The largest absolute Gasteiger partial charge is 0.480 e. The van der Waals surface area contributed by atoms with Gasteiger partial charge in [-0.3, -0.25) is 14.2 Å². The number of thiazole rings is 1. The van der Waals surface area contributed by atoms with E-state index in [-0.39, 0.29) is 16.8 Å². The lowest BCUT2D eigenvalue weighted by molar-refractivity contribution is -0.122. The van der Waals surface area contributed by atoms with E-state index in [2.05, 4.69) is 5.32 Å². The van der Waals surface area contributed by atoms with Crippen LogP contribution in [0.25, 0.3) is 10.2 Å². The van der Waals surface area contributed by atoms with Gasteiger partial charge in [0.2, 0.25) is 0 Å². The minimum absolute atomic E-state index is 0.0118. The van der Waals surface area contributed by atoms with Crippen LogP contribution >= 0.6 is 11.3 Å². The Morgan fingerprint density at radius 1 is 1.22 bits per heavy atom. The lowest BCUT2D eigenvalue weighted by atomic mass is 10.2. The van der Waals surface area contributed by atoms with Crippen LogP contribution in [0.15, 0.2) is 47.3 Å². The van der Waals surface area contributed by atoms with Crippen molar-refractivity contribution in [2.45, 2.75) is 46.3 Å². The molecule has 3 rings (SSSR count). The molecule has 0 aliphatic carbocycles. The highest BCUT2D eigenvalue weighted by atomic mass is 32.1. The molecule has 3 aromatic rings. The van der Waals surface area contributed by atoms with E-state index >= 15 is 0 Å². The summed E-state index contributed by atoms with van der Waals surface area (Å²) in [5, 5.41) is 2.91. The topological polar surface area (TPSA) is 60.3 Å². The lowest BCUT2D eigenvalue weighted by Gasteiger charge is -2.18. The smallest absolute Gasteiger partial charge is 0.308 e. The van der Waals surface area contributed by atoms with Gasteiger partial charge in [0.25, 0.3) is 5.91 Å². The summed E-state index contributed by atoms with van der Waals surface area (Å²) < 4.78 is 8.53. The molecule has 1 N–H and O–H groups in total. The number of ether oxygens (including phenoxy) is 1. The molecule has 1 aromatic heterocycles. The number of hydrogen-bond acceptors (Lipinski definition) is 4. The predicted molar refractivity (Wildman–Crippen MR) is 111 cm³/mol. The zero-order valence-electron chi connectivity index (χ0n) is 16.0. The maximum absolute atomic E-state index is 12.7. The van der Waals surface area contributed by atoms with Gasteiger partial charge in [-0.2, -0.15) is 0 Å². The fourth-order valence-electron chi connectivity index (χ4n) is 2.99. The van der Waals surface area contributed by atoms with Crippen LogP contribution in [-0.2, 0) is 4.79 Å². The van der Waals surface area contributed by atoms with Crippen molar-refractivity contribution in [3.05, 3.63) is 57.7 Å². The van der Waals surface area contributed by atoms with E-state index in [9.17, 15) is 9.59 Å². The van der Waals surface area contributed by atoms with Crippen molar-refractivity contribution < 1.29 is 9.53 Å². The summed E-state index contributed by atoms with van der Waals surface area (Å²) in [6, 6.07) is 13.3. The van der Waals surface area contributed by atoms with Crippen LogP contribution in [0.5, 0.6) is 5.75 Å². The third-order valence-electron chi connectivity index (χ3n) is 4.42. The number of fused-ring (bicyclic) bond motifs is 1. The second-order valence-electron chi connectivity index (χ2n) is 6.78. The highest BCUT2D eigenvalue weighted by molar-refractivity contribution is 7.16. The van der Waals surface area contributed by atoms with E-state index in [1.807, 2.05) is 70.2 Å². The molecule has 5 nitrogen and oxygen atoms in total. The first-order valence-corrected chi connectivity index (χ1v) is 9.90. The number of amides is 1. The van der Waals surface area contributed by atoms with Crippen LogP contribution in [0.3, 0.4) is 0 Å². The molecule has 0 radical (unpaired) electrons. The molecule has 27 heavy (non-hydrogen) atoms. The van der Waals surface area contributed by atoms with Crippen molar-refractivity contribution in [2.24, 2.45) is 0 Å². The monoisotopic (exact) mass is 384 g/mol. The number of nitrogens with zero attached hydrogens (tertiary/aromatic N) is 1. The van der Waals surface area contributed by atoms with Gasteiger partial charge in [-0.05, 0) is 57.0 Å². The molecule has 1 unspecified atom stereocenters. The maximum Gasteiger partial charge on any atom is 0.308 e. The number of carbonyl (C=O) groups is 1. The molecule has 0 saturated carbocycles. The number of aryl methyl sites for hydroxylation is 1. The molecule has 6 heteroatoms. The van der Waals surface area contributed by atoms with Gasteiger partial charge in [-0.25, -0.2) is 0 Å². The first-order valence-electron chi connectivity index (χ1n) is 9.09. The number of anilines is 1. The van der Waals surface area contributed by atoms with Gasteiger partial charge in [-0.1, -0.05) is 36.5 Å². The Labute approximate surface area is 162 Å². The van der Waals surface area contributed by atoms with Crippen LogP contribution in [0.1, 0.15) is 38.8 Å². The van der Waals surface area contributed by atoms with Crippen molar-refractivity contribution in [1.29, 1.82) is 0 Å². The molecule has 2 aromatic carbocycles. The van der Waals surface area contributed by atoms with Gasteiger partial charge in [0.05, 0.1) is 10.2 Å². The number of carbonyl (C=O) groups excluding carboxylic acids is 1. The van der Waals surface area contributed by atoms with Crippen LogP contribution < -0.4 is 14.9 Å². The molecule has 1 amide bonds. The third kappa shape index (κ3) is 4.06. The molecule has 0 aliphatic heterocycles. The van der Waals surface area contributed by atoms with Gasteiger partial charge < -0.3 is 10.1 Å². The van der Waals surface area contributed by atoms with E-state index in [4.69, 9.17) is 4.74 Å². The summed E-state index contributed by atoms with van der Waals surface area (Å²) in [5.74, 6) is 0.512. The summed E-state index contributed by atoms with van der Waals surface area (Å²) in [4.78, 5) is 24.9. The summed E-state index contributed by atoms with van der Waals surface area (Å²) >= 11 is 1.19. The zero-order valence-corrected chi connectivity index (χ0v) is 16.8. The van der Waals surface area contributed by atoms with Crippen molar-refractivity contribution >= 4 is 33.1 Å². The second-order valence-corrected chi connectivity index (χ2v) is 7.78. The van der Waals surface area contributed by atoms with E-state index in [0.717, 1.165) is 15.8 Å². The SMILES string of the molecule is CCC(Oc1ccccc1C)C(=O)Nc1ccc2c(c1)sc(=O)n2C(C)C. The molecule has 0 bridgehead atoms. The summed E-state index contributed by atoms with van der Waals surface area (Å²) in [6.07, 6.45) is -0.0276. The van der Waals surface area contributed by atoms with Crippen molar-refractivity contribution in [2.75, 3.05) is 5.32 Å². The Morgan fingerprint density at radius 2 is 1.96 bits per heavy atom. The van der Waals surface area contributed by atoms with Crippen LogP contribution in [0, 0.1) is 6.92 Å². The van der Waals surface area contributed by atoms with E-state index < -0.39 is 6.10 Å². The Morgan fingerprint density at radius 3 is 2.63 bits per heavy atom. The first kappa shape index (κ1) is 19.2. The van der Waals surface area contributed by atoms with Gasteiger partial charge in [0.15, 0.2) is 6.10 Å². The summed E-state index contributed by atoms with van der Waals surface area (Å²) in [5.41, 5.74) is 2.54. The Hall–Kier alpha value is -2.60. The van der Waals surface area contributed by atoms with Crippen molar-refractivity contribution in [3.8, 4) is 5.75 Å². The van der Waals surface area contributed by atoms with E-state index in [1.54, 1.807) is 4.57 Å². The molecular weight excluding hydrogens is 360 g/mol. The molecule has 1 atom stereocenters. The highest BCUT2D eigenvalue weighted by Crippen LogP contribution is 2.25. The molecule has 1 heterocycles. The molecule has 142 valence electrons. The molecule has 0 spiro atoms. The average molecular weight is 385 g/mol. The van der Waals surface area contributed by atoms with Gasteiger partial charge in [-0.15, -0.1) is 0 Å². The van der Waals surface area contributed by atoms with E-state index in [0.29, 0.717) is 17.9 Å². The van der Waals surface area contributed by atoms with Crippen molar-refractivity contribution in [1.82, 2.24) is 4.57 Å².